The van der Waals surface area contributed by atoms with Gasteiger partial charge in [0, 0.05) is 42.9 Å². The van der Waals surface area contributed by atoms with E-state index in [1.54, 1.807) is 12.1 Å². The second-order valence-corrected chi connectivity index (χ2v) is 8.20. The molecule has 12 heteroatoms. The number of anilines is 3. The molecule has 2 saturated heterocycles. The molecule has 11 nitrogen and oxygen atoms in total. The largest absolute Gasteiger partial charge is 0.507 e. The van der Waals surface area contributed by atoms with Crippen LogP contribution in [0.1, 0.15) is 27.6 Å². The van der Waals surface area contributed by atoms with Gasteiger partial charge in [-0.2, -0.15) is 4.98 Å². The number of carboxylic acid groups (broad SMARTS) is 1. The highest BCUT2D eigenvalue weighted by Gasteiger charge is 2.18. The van der Waals surface area contributed by atoms with Crippen LogP contribution in [-0.2, 0) is 9.47 Å². The Morgan fingerprint density at radius 3 is 2.12 bits per heavy atom. The number of nitrogens with two attached hydrogens (primary N) is 1. The Morgan fingerprint density at radius 2 is 1.61 bits per heavy atom. The fourth-order valence-electron chi connectivity index (χ4n) is 3.35. The number of rotatable bonds is 4. The molecule has 3 heterocycles. The Morgan fingerprint density at radius 1 is 1.03 bits per heavy atom. The average molecular weight is 524 g/mol. The number of Topliss-reactive ketones (excluding diaryl/α,β-unsaturated/α-hetero) is 1. The van der Waals surface area contributed by atoms with Gasteiger partial charge < -0.3 is 35.2 Å². The predicted octanol–water partition coefficient (Wildman–Crippen LogP) is 1.79. The van der Waals surface area contributed by atoms with Gasteiger partial charge in [0.2, 0.25) is 5.95 Å². The normalized spacial score (nSPS) is 16.1. The molecule has 0 spiro atoms. The summed E-state index contributed by atoms with van der Waals surface area (Å²) in [4.78, 5) is 34.0. The quantitative estimate of drug-likeness (QED) is 0.502. The third-order valence-corrected chi connectivity index (χ3v) is 5.76. The van der Waals surface area contributed by atoms with Crippen molar-refractivity contribution in [1.29, 1.82) is 0 Å². The molecule has 4 rings (SSSR count). The van der Waals surface area contributed by atoms with E-state index in [4.69, 9.17) is 20.3 Å². The van der Waals surface area contributed by atoms with Crippen LogP contribution in [0.25, 0.3) is 0 Å². The Balaban J connectivity index is 0.000000186. The van der Waals surface area contributed by atoms with Gasteiger partial charge in [-0.05, 0) is 28.9 Å². The first-order valence-electron chi connectivity index (χ1n) is 10.3. The zero-order chi connectivity index (χ0) is 24.0. The van der Waals surface area contributed by atoms with Crippen LogP contribution in [0.4, 0.5) is 17.5 Å². The van der Waals surface area contributed by atoms with Gasteiger partial charge in [0.05, 0.1) is 37.7 Å². The summed E-state index contributed by atoms with van der Waals surface area (Å²) in [6, 6.07) is 3.30. The molecular weight excluding hydrogens is 498 g/mol. The molecule has 4 N–H and O–H groups in total. The molecule has 2 aromatic rings. The summed E-state index contributed by atoms with van der Waals surface area (Å²) >= 11 is 3.44. The van der Waals surface area contributed by atoms with Crippen molar-refractivity contribution in [3.8, 4) is 5.75 Å². The summed E-state index contributed by atoms with van der Waals surface area (Å²) in [5.41, 5.74) is 6.71. The van der Waals surface area contributed by atoms with Crippen LogP contribution < -0.4 is 15.5 Å². The average Bonchev–Trinajstić information content (AvgIpc) is 2.81. The topological polar surface area (TPSA) is 151 Å². The van der Waals surface area contributed by atoms with Crippen molar-refractivity contribution in [2.75, 3.05) is 68.1 Å². The van der Waals surface area contributed by atoms with Crippen molar-refractivity contribution in [2.45, 2.75) is 6.92 Å². The molecule has 178 valence electrons. The number of halogens is 1. The summed E-state index contributed by atoms with van der Waals surface area (Å²) in [5.74, 6) is -0.792. The molecule has 2 aliphatic heterocycles. The number of aromatic carboxylic acids is 1. The molecule has 0 radical (unpaired) electrons. The van der Waals surface area contributed by atoms with E-state index in [1.807, 2.05) is 4.90 Å². The fourth-order valence-corrected chi connectivity index (χ4v) is 3.94. The van der Waals surface area contributed by atoms with E-state index >= 15 is 0 Å². The minimum Gasteiger partial charge on any atom is -0.507 e. The van der Waals surface area contributed by atoms with Crippen LogP contribution in [0.2, 0.25) is 0 Å². The number of ketones is 1. The van der Waals surface area contributed by atoms with Crippen molar-refractivity contribution >= 4 is 45.1 Å². The molecule has 0 atom stereocenters. The number of carboxylic acids is 1. The van der Waals surface area contributed by atoms with E-state index < -0.39 is 5.97 Å². The number of aromatic nitrogens is 2. The molecule has 2 fully saturated rings. The van der Waals surface area contributed by atoms with Crippen LogP contribution >= 0.6 is 15.9 Å². The lowest BCUT2D eigenvalue weighted by Crippen LogP contribution is -2.37. The summed E-state index contributed by atoms with van der Waals surface area (Å²) < 4.78 is 11.3. The number of ether oxygens (including phenoxy) is 2. The Labute approximate surface area is 199 Å². The zero-order valence-electron chi connectivity index (χ0n) is 18.2. The summed E-state index contributed by atoms with van der Waals surface area (Å²) in [7, 11) is 0. The van der Waals surface area contributed by atoms with E-state index in [1.165, 1.54) is 13.1 Å². The van der Waals surface area contributed by atoms with Crippen molar-refractivity contribution in [3.63, 3.8) is 0 Å². The SMILES string of the molecule is CC(=O)c1cc(Br)c(N2CCOCC2)cc1O.Nc1nc(N2CCOCC2)ncc1C(=O)O. The van der Waals surface area contributed by atoms with E-state index in [9.17, 15) is 14.7 Å². The van der Waals surface area contributed by atoms with Crippen molar-refractivity contribution in [1.82, 2.24) is 9.97 Å². The zero-order valence-corrected chi connectivity index (χ0v) is 19.7. The number of aromatic hydroxyl groups is 1. The number of phenols is 1. The van der Waals surface area contributed by atoms with Gasteiger partial charge in [-0.3, -0.25) is 4.79 Å². The number of carbonyl (C=O) groups excluding carboxylic acids is 1. The van der Waals surface area contributed by atoms with Gasteiger partial charge in [0.15, 0.2) is 5.78 Å². The summed E-state index contributed by atoms with van der Waals surface area (Å²) in [6.45, 7) is 6.99. The smallest absolute Gasteiger partial charge is 0.341 e. The number of morpholine rings is 2. The minimum absolute atomic E-state index is 0.0102. The summed E-state index contributed by atoms with van der Waals surface area (Å²) in [5, 5.41) is 18.6. The molecule has 2 aliphatic rings. The van der Waals surface area contributed by atoms with Gasteiger partial charge in [0.25, 0.3) is 0 Å². The molecule has 1 aromatic heterocycles. The van der Waals surface area contributed by atoms with Gasteiger partial charge in [-0.1, -0.05) is 0 Å². The lowest BCUT2D eigenvalue weighted by atomic mass is 10.1. The fraction of sp³-hybridized carbons (Fsp3) is 0.429. The van der Waals surface area contributed by atoms with Gasteiger partial charge in [-0.15, -0.1) is 0 Å². The Hall–Kier alpha value is -2.96. The number of phenolic OH excluding ortho intramolecular Hbond substituents is 1. The number of carbonyl (C=O) groups is 2. The standard InChI is InChI=1S/C12H14BrNO3.C9H12N4O3/c1-8(15)9-6-10(13)11(7-12(9)16)14-2-4-17-5-3-14;10-7-6(8(14)15)5-11-9(12-7)13-1-3-16-4-2-13/h6-7,16H,2-5H2,1H3;5H,1-4H2,(H,14,15)(H2,10,11,12). The molecule has 0 bridgehead atoms. The minimum atomic E-state index is -1.12. The van der Waals surface area contributed by atoms with Crippen LogP contribution in [0, 0.1) is 0 Å². The highest BCUT2D eigenvalue weighted by atomic mass is 79.9. The van der Waals surface area contributed by atoms with Crippen molar-refractivity contribution in [3.05, 3.63) is 33.9 Å². The van der Waals surface area contributed by atoms with Gasteiger partial charge in [-0.25, -0.2) is 9.78 Å². The van der Waals surface area contributed by atoms with E-state index in [0.717, 1.165) is 23.2 Å². The lowest BCUT2D eigenvalue weighted by Gasteiger charge is -2.30. The van der Waals surface area contributed by atoms with E-state index in [-0.39, 0.29) is 22.9 Å². The highest BCUT2D eigenvalue weighted by molar-refractivity contribution is 9.10. The first-order chi connectivity index (χ1) is 15.8. The second-order valence-electron chi connectivity index (χ2n) is 7.35. The van der Waals surface area contributed by atoms with Crippen molar-refractivity contribution < 1.29 is 29.3 Å². The second kappa shape index (κ2) is 11.3. The van der Waals surface area contributed by atoms with E-state index in [2.05, 4.69) is 30.8 Å². The van der Waals surface area contributed by atoms with Crippen LogP contribution in [-0.4, -0.2) is 84.5 Å². The number of benzene rings is 1. The number of nitrogens with zero attached hydrogens (tertiary/aromatic N) is 4. The Kier molecular flexibility index (Phi) is 8.42. The lowest BCUT2D eigenvalue weighted by molar-refractivity contribution is 0.0697. The van der Waals surface area contributed by atoms with Crippen LogP contribution in [0.15, 0.2) is 22.8 Å². The number of nitrogen functional groups attached to an aromatic ring is 1. The molecule has 33 heavy (non-hydrogen) atoms. The number of hydrogen-bond acceptors (Lipinski definition) is 10. The molecule has 0 saturated carbocycles. The van der Waals surface area contributed by atoms with Gasteiger partial charge >= 0.3 is 5.97 Å². The molecule has 0 amide bonds. The predicted molar refractivity (Wildman–Crippen MR) is 125 cm³/mol. The highest BCUT2D eigenvalue weighted by Crippen LogP contribution is 2.33. The molecule has 0 aliphatic carbocycles. The monoisotopic (exact) mass is 523 g/mol. The summed E-state index contributed by atoms with van der Waals surface area (Å²) in [6.07, 6.45) is 1.23. The Bertz CT molecular complexity index is 1010. The molecular formula is C21H26BrN5O6. The third-order valence-electron chi connectivity index (χ3n) is 5.13. The van der Waals surface area contributed by atoms with Crippen molar-refractivity contribution in [2.24, 2.45) is 0 Å². The maximum Gasteiger partial charge on any atom is 0.341 e. The van der Waals surface area contributed by atoms with Crippen LogP contribution in [0.3, 0.4) is 0 Å². The third kappa shape index (κ3) is 6.30. The maximum atomic E-state index is 11.3. The first-order valence-corrected chi connectivity index (χ1v) is 11.1. The van der Waals surface area contributed by atoms with E-state index in [0.29, 0.717) is 51.0 Å². The molecule has 0 unspecified atom stereocenters. The number of hydrogen-bond donors (Lipinski definition) is 3. The molecule has 1 aromatic carbocycles. The van der Waals surface area contributed by atoms with Gasteiger partial charge in [0.1, 0.15) is 17.1 Å². The maximum absolute atomic E-state index is 11.3. The first kappa shape index (κ1) is 24.7. The van der Waals surface area contributed by atoms with Crippen LogP contribution in [0.5, 0.6) is 5.75 Å².